The smallest absolute Gasteiger partial charge is 0.226 e. The van der Waals surface area contributed by atoms with Gasteiger partial charge in [-0.3, -0.25) is 9.78 Å². The van der Waals surface area contributed by atoms with Crippen molar-refractivity contribution >= 4 is 11.7 Å². The molecule has 4 rings (SSSR count). The predicted octanol–water partition coefficient (Wildman–Crippen LogP) is 2.64. The van der Waals surface area contributed by atoms with E-state index in [0.717, 1.165) is 23.3 Å². The van der Waals surface area contributed by atoms with E-state index in [-0.39, 0.29) is 17.2 Å². The molecule has 6 heteroatoms. The minimum Gasteiger partial charge on any atom is -0.328 e. The number of nitrogens with one attached hydrogen (secondary N) is 1. The Morgan fingerprint density at radius 1 is 1.26 bits per heavy atom. The predicted molar refractivity (Wildman–Crippen MR) is 85.8 cm³/mol. The van der Waals surface area contributed by atoms with E-state index < -0.39 is 0 Å². The Hall–Kier alpha value is -2.50. The maximum atomic E-state index is 12.9. The number of nitrogens with zero attached hydrogens (tertiary/aromatic N) is 4. The third-order valence-electron chi connectivity index (χ3n) is 4.46. The van der Waals surface area contributed by atoms with Gasteiger partial charge in [-0.15, -0.1) is 0 Å². The van der Waals surface area contributed by atoms with Crippen LogP contribution in [0.2, 0.25) is 0 Å². The van der Waals surface area contributed by atoms with Gasteiger partial charge in [0.05, 0.1) is 0 Å². The summed E-state index contributed by atoms with van der Waals surface area (Å²) < 4.78 is 1.82. The van der Waals surface area contributed by atoms with Crippen LogP contribution in [-0.2, 0) is 4.79 Å². The average molecular weight is 309 g/mol. The normalized spacial score (nSPS) is 22.4. The fourth-order valence-electron chi connectivity index (χ4n) is 3.57. The fraction of sp³-hybridized carbons (Fsp3) is 0.412. The van der Waals surface area contributed by atoms with Crippen molar-refractivity contribution in [2.75, 3.05) is 5.32 Å². The number of fused-ring (bicyclic) bond motifs is 1. The highest BCUT2D eigenvalue weighted by atomic mass is 16.1. The molecule has 6 nitrogen and oxygen atoms in total. The number of anilines is 1. The Morgan fingerprint density at radius 3 is 2.74 bits per heavy atom. The highest BCUT2D eigenvalue weighted by Crippen LogP contribution is 2.45. The zero-order valence-corrected chi connectivity index (χ0v) is 13.5. The SMILES string of the molecule is Cc1nc2n(n1)C(c1ccncc1)C1=C(CC(C)(C)CC1=O)N2. The van der Waals surface area contributed by atoms with Gasteiger partial charge in [-0.05, 0) is 36.5 Å². The van der Waals surface area contributed by atoms with Gasteiger partial charge in [-0.1, -0.05) is 13.8 Å². The van der Waals surface area contributed by atoms with Crippen LogP contribution in [0.3, 0.4) is 0 Å². The Balaban J connectivity index is 1.92. The van der Waals surface area contributed by atoms with E-state index in [0.29, 0.717) is 18.2 Å². The Morgan fingerprint density at radius 2 is 2.00 bits per heavy atom. The van der Waals surface area contributed by atoms with Crippen molar-refractivity contribution < 1.29 is 4.79 Å². The molecule has 1 atom stereocenters. The number of aromatic nitrogens is 4. The monoisotopic (exact) mass is 309 g/mol. The van der Waals surface area contributed by atoms with E-state index in [4.69, 9.17) is 0 Å². The van der Waals surface area contributed by atoms with Crippen molar-refractivity contribution in [3.63, 3.8) is 0 Å². The number of hydrogen-bond acceptors (Lipinski definition) is 5. The summed E-state index contributed by atoms with van der Waals surface area (Å²) in [4.78, 5) is 21.4. The zero-order valence-electron chi connectivity index (χ0n) is 13.5. The number of carbonyl (C=O) groups excluding carboxylic acids is 1. The number of rotatable bonds is 1. The summed E-state index contributed by atoms with van der Waals surface area (Å²) in [5.74, 6) is 1.58. The molecule has 1 unspecified atom stereocenters. The van der Waals surface area contributed by atoms with Gasteiger partial charge in [-0.2, -0.15) is 10.1 Å². The molecule has 1 aliphatic heterocycles. The van der Waals surface area contributed by atoms with Crippen LogP contribution in [0.1, 0.15) is 44.1 Å². The second kappa shape index (κ2) is 4.75. The van der Waals surface area contributed by atoms with E-state index in [9.17, 15) is 4.79 Å². The lowest BCUT2D eigenvalue weighted by atomic mass is 9.73. The van der Waals surface area contributed by atoms with Gasteiger partial charge in [0.15, 0.2) is 5.78 Å². The summed E-state index contributed by atoms with van der Waals surface area (Å²) in [5.41, 5.74) is 2.76. The second-order valence-corrected chi connectivity index (χ2v) is 7.07. The topological polar surface area (TPSA) is 72.7 Å². The van der Waals surface area contributed by atoms with Crippen molar-refractivity contribution in [1.82, 2.24) is 19.7 Å². The fourth-order valence-corrected chi connectivity index (χ4v) is 3.57. The van der Waals surface area contributed by atoms with Crippen LogP contribution in [0.5, 0.6) is 0 Å². The molecule has 0 radical (unpaired) electrons. The lowest BCUT2D eigenvalue weighted by molar-refractivity contribution is -0.118. The maximum absolute atomic E-state index is 12.9. The molecular formula is C17H19N5O. The van der Waals surface area contributed by atoms with Gasteiger partial charge in [0.2, 0.25) is 5.95 Å². The van der Waals surface area contributed by atoms with Crippen molar-refractivity contribution in [2.24, 2.45) is 5.41 Å². The minimum atomic E-state index is -0.228. The summed E-state index contributed by atoms with van der Waals surface area (Å²) in [5, 5.41) is 7.85. The number of hydrogen-bond donors (Lipinski definition) is 1. The Labute approximate surface area is 134 Å². The van der Waals surface area contributed by atoms with Crippen molar-refractivity contribution in [3.8, 4) is 0 Å². The second-order valence-electron chi connectivity index (χ2n) is 7.07. The number of pyridine rings is 1. The van der Waals surface area contributed by atoms with Crippen LogP contribution in [0.25, 0.3) is 0 Å². The van der Waals surface area contributed by atoms with E-state index in [1.807, 2.05) is 23.7 Å². The number of carbonyl (C=O) groups is 1. The first-order chi connectivity index (χ1) is 10.9. The molecule has 1 aliphatic carbocycles. The number of aryl methyl sites for hydroxylation is 1. The molecule has 0 spiro atoms. The quantitative estimate of drug-likeness (QED) is 0.876. The van der Waals surface area contributed by atoms with Crippen LogP contribution in [0.15, 0.2) is 35.8 Å². The van der Waals surface area contributed by atoms with E-state index >= 15 is 0 Å². The molecule has 3 heterocycles. The molecule has 2 aromatic rings. The first-order valence-electron chi connectivity index (χ1n) is 7.81. The number of allylic oxidation sites excluding steroid dienone is 2. The van der Waals surface area contributed by atoms with Crippen molar-refractivity contribution in [2.45, 2.75) is 39.7 Å². The van der Waals surface area contributed by atoms with Gasteiger partial charge < -0.3 is 5.32 Å². The van der Waals surface area contributed by atoms with Gasteiger partial charge >= 0.3 is 0 Å². The van der Waals surface area contributed by atoms with Crippen LogP contribution >= 0.6 is 0 Å². The summed E-state index contributed by atoms with van der Waals surface area (Å²) in [6.07, 6.45) is 4.89. The van der Waals surface area contributed by atoms with E-state index in [1.165, 1.54) is 0 Å². The van der Waals surface area contributed by atoms with Crippen LogP contribution in [0.4, 0.5) is 5.95 Å². The van der Waals surface area contributed by atoms with Gasteiger partial charge in [-0.25, -0.2) is 4.68 Å². The Kier molecular flexibility index (Phi) is 2.91. The van der Waals surface area contributed by atoms with Crippen LogP contribution in [-0.4, -0.2) is 25.5 Å². The summed E-state index contributed by atoms with van der Waals surface area (Å²) in [6, 6.07) is 3.65. The zero-order chi connectivity index (χ0) is 16.2. The molecule has 0 saturated carbocycles. The molecule has 2 aromatic heterocycles. The third-order valence-corrected chi connectivity index (χ3v) is 4.46. The molecule has 0 aromatic carbocycles. The molecular weight excluding hydrogens is 290 g/mol. The average Bonchev–Trinajstić information content (AvgIpc) is 2.84. The lowest BCUT2D eigenvalue weighted by Crippen LogP contribution is -2.36. The molecule has 1 N–H and O–H groups in total. The summed E-state index contributed by atoms with van der Waals surface area (Å²) in [7, 11) is 0. The van der Waals surface area contributed by atoms with Crippen molar-refractivity contribution in [3.05, 3.63) is 47.2 Å². The van der Waals surface area contributed by atoms with Crippen molar-refractivity contribution in [1.29, 1.82) is 0 Å². The Bertz CT molecular complexity index is 819. The van der Waals surface area contributed by atoms with Gasteiger partial charge in [0.1, 0.15) is 11.9 Å². The number of Topliss-reactive ketones (excluding diaryl/α,β-unsaturated/α-hetero) is 1. The lowest BCUT2D eigenvalue weighted by Gasteiger charge is -2.38. The molecule has 2 aliphatic rings. The first-order valence-corrected chi connectivity index (χ1v) is 7.81. The number of ketones is 1. The third kappa shape index (κ3) is 2.25. The maximum Gasteiger partial charge on any atom is 0.226 e. The van der Waals surface area contributed by atoms with Crippen LogP contribution < -0.4 is 5.32 Å². The molecule has 118 valence electrons. The summed E-state index contributed by atoms with van der Waals surface area (Å²) in [6.45, 7) is 6.12. The molecule has 0 fully saturated rings. The van der Waals surface area contributed by atoms with E-state index in [1.54, 1.807) is 12.4 Å². The molecule has 23 heavy (non-hydrogen) atoms. The van der Waals surface area contributed by atoms with Gasteiger partial charge in [0.25, 0.3) is 0 Å². The highest BCUT2D eigenvalue weighted by Gasteiger charge is 2.41. The van der Waals surface area contributed by atoms with Gasteiger partial charge in [0, 0.05) is 30.1 Å². The van der Waals surface area contributed by atoms with Crippen LogP contribution in [0, 0.1) is 12.3 Å². The minimum absolute atomic E-state index is 0.0387. The first kappa shape index (κ1) is 14.1. The molecule has 0 bridgehead atoms. The largest absolute Gasteiger partial charge is 0.328 e. The molecule has 0 saturated heterocycles. The molecule has 0 amide bonds. The van der Waals surface area contributed by atoms with E-state index in [2.05, 4.69) is 34.2 Å². The summed E-state index contributed by atoms with van der Waals surface area (Å²) >= 11 is 0. The standard InChI is InChI=1S/C17H19N5O/c1-10-19-16-20-12-8-17(2,3)9-13(23)14(12)15(22(16)21-10)11-4-6-18-7-5-11/h4-7,15H,8-9H2,1-3H3,(H,19,20,21). The highest BCUT2D eigenvalue weighted by molar-refractivity contribution is 6.00.